The van der Waals surface area contributed by atoms with Crippen LogP contribution in [0.2, 0.25) is 5.02 Å². The summed E-state index contributed by atoms with van der Waals surface area (Å²) in [5, 5.41) is 12.3. The summed E-state index contributed by atoms with van der Waals surface area (Å²) in [5.74, 6) is 0.175. The Morgan fingerprint density at radius 1 is 1.44 bits per heavy atom. The van der Waals surface area contributed by atoms with Crippen LogP contribution in [0.3, 0.4) is 0 Å². The molecule has 0 aliphatic rings. The highest BCUT2D eigenvalue weighted by Gasteiger charge is 2.10. The van der Waals surface area contributed by atoms with Gasteiger partial charge in [-0.25, -0.2) is 9.78 Å². The molecule has 1 atom stereocenters. The Kier molecular flexibility index (Phi) is 5.41. The second-order valence-corrected chi connectivity index (χ2v) is 5.28. The number of aromatic nitrogens is 1. The number of anilines is 1. The lowest BCUT2D eigenvalue weighted by atomic mass is 10.0. The van der Waals surface area contributed by atoms with Gasteiger partial charge >= 0.3 is 5.97 Å². The van der Waals surface area contributed by atoms with Crippen molar-refractivity contribution in [3.05, 3.63) is 22.8 Å². The van der Waals surface area contributed by atoms with Crippen molar-refractivity contribution in [1.29, 1.82) is 0 Å². The molecule has 0 amide bonds. The molecule has 1 aromatic rings. The van der Waals surface area contributed by atoms with E-state index in [1.807, 2.05) is 0 Å². The third kappa shape index (κ3) is 4.53. The number of carboxylic acid groups (broad SMARTS) is 1. The monoisotopic (exact) mass is 270 g/mol. The fourth-order valence-corrected chi connectivity index (χ4v) is 1.77. The van der Waals surface area contributed by atoms with Crippen LogP contribution in [0.15, 0.2) is 12.3 Å². The maximum absolute atomic E-state index is 10.7. The summed E-state index contributed by atoms with van der Waals surface area (Å²) < 4.78 is 0. The smallest absolute Gasteiger partial charge is 0.337 e. The van der Waals surface area contributed by atoms with Gasteiger partial charge in [-0.3, -0.25) is 0 Å². The highest BCUT2D eigenvalue weighted by molar-refractivity contribution is 6.33. The van der Waals surface area contributed by atoms with Gasteiger partial charge < -0.3 is 10.4 Å². The number of pyridine rings is 1. The van der Waals surface area contributed by atoms with Gasteiger partial charge in [-0.1, -0.05) is 25.4 Å². The van der Waals surface area contributed by atoms with Gasteiger partial charge in [0.2, 0.25) is 0 Å². The molecule has 1 rings (SSSR count). The fourth-order valence-electron chi connectivity index (χ4n) is 1.55. The SMILES string of the molecule is CC(C)CCC(C)Nc1ncc(C(=O)O)cc1Cl. The zero-order chi connectivity index (χ0) is 13.7. The van der Waals surface area contributed by atoms with Crippen LogP contribution in [-0.4, -0.2) is 22.1 Å². The summed E-state index contributed by atoms with van der Waals surface area (Å²) in [4.78, 5) is 14.8. The van der Waals surface area contributed by atoms with Crippen LogP contribution in [-0.2, 0) is 0 Å². The first kappa shape index (κ1) is 14.8. The standard InChI is InChI=1S/C13H19ClN2O2/c1-8(2)4-5-9(3)16-12-11(14)6-10(7-15-12)13(17)18/h6-9H,4-5H2,1-3H3,(H,15,16)(H,17,18). The van der Waals surface area contributed by atoms with E-state index in [0.717, 1.165) is 12.8 Å². The van der Waals surface area contributed by atoms with Crippen LogP contribution in [0.1, 0.15) is 44.0 Å². The molecule has 100 valence electrons. The zero-order valence-corrected chi connectivity index (χ0v) is 11.7. The first-order chi connectivity index (χ1) is 8.40. The zero-order valence-electron chi connectivity index (χ0n) is 10.9. The van der Waals surface area contributed by atoms with Crippen molar-refractivity contribution in [2.75, 3.05) is 5.32 Å². The Hall–Kier alpha value is -1.29. The molecule has 1 aromatic heterocycles. The minimum Gasteiger partial charge on any atom is -0.478 e. The van der Waals surface area contributed by atoms with E-state index in [9.17, 15) is 4.79 Å². The molecule has 0 bridgehead atoms. The van der Waals surface area contributed by atoms with E-state index >= 15 is 0 Å². The largest absolute Gasteiger partial charge is 0.478 e. The molecule has 0 saturated heterocycles. The van der Waals surface area contributed by atoms with E-state index in [-0.39, 0.29) is 11.6 Å². The van der Waals surface area contributed by atoms with E-state index < -0.39 is 5.97 Å². The summed E-state index contributed by atoms with van der Waals surface area (Å²) >= 11 is 5.99. The number of hydrogen-bond donors (Lipinski definition) is 2. The van der Waals surface area contributed by atoms with Crippen LogP contribution in [0.4, 0.5) is 5.82 Å². The summed E-state index contributed by atoms with van der Waals surface area (Å²) in [6, 6.07) is 1.67. The third-order valence-electron chi connectivity index (χ3n) is 2.65. The summed E-state index contributed by atoms with van der Waals surface area (Å²) in [7, 11) is 0. The molecule has 0 fully saturated rings. The molecule has 1 unspecified atom stereocenters. The molecule has 0 radical (unpaired) electrons. The molecular formula is C13H19ClN2O2. The van der Waals surface area contributed by atoms with Crippen molar-refractivity contribution < 1.29 is 9.90 Å². The molecule has 18 heavy (non-hydrogen) atoms. The molecule has 1 heterocycles. The molecule has 0 aliphatic heterocycles. The van der Waals surface area contributed by atoms with Crippen LogP contribution in [0.25, 0.3) is 0 Å². The number of nitrogens with zero attached hydrogens (tertiary/aromatic N) is 1. The van der Waals surface area contributed by atoms with Gasteiger partial charge in [-0.05, 0) is 31.7 Å². The number of rotatable bonds is 6. The van der Waals surface area contributed by atoms with Crippen LogP contribution < -0.4 is 5.32 Å². The van der Waals surface area contributed by atoms with Gasteiger partial charge in [-0.2, -0.15) is 0 Å². The van der Waals surface area contributed by atoms with Crippen LogP contribution >= 0.6 is 11.6 Å². The minimum absolute atomic E-state index is 0.0976. The first-order valence-corrected chi connectivity index (χ1v) is 6.43. The van der Waals surface area contributed by atoms with Gasteiger partial charge in [-0.15, -0.1) is 0 Å². The predicted molar refractivity (Wildman–Crippen MR) is 73.4 cm³/mol. The maximum atomic E-state index is 10.7. The number of aromatic carboxylic acids is 1. The highest BCUT2D eigenvalue weighted by Crippen LogP contribution is 2.22. The quantitative estimate of drug-likeness (QED) is 0.828. The lowest BCUT2D eigenvalue weighted by Crippen LogP contribution is -2.17. The van der Waals surface area contributed by atoms with E-state index in [0.29, 0.717) is 16.8 Å². The fraction of sp³-hybridized carbons (Fsp3) is 0.538. The second-order valence-electron chi connectivity index (χ2n) is 4.88. The molecule has 0 saturated carbocycles. The average molecular weight is 271 g/mol. The van der Waals surface area contributed by atoms with E-state index in [1.165, 1.54) is 12.3 Å². The Bertz CT molecular complexity index is 421. The molecule has 2 N–H and O–H groups in total. The van der Waals surface area contributed by atoms with Crippen molar-refractivity contribution in [2.24, 2.45) is 5.92 Å². The summed E-state index contributed by atoms with van der Waals surface area (Å²) in [6.45, 7) is 6.42. The summed E-state index contributed by atoms with van der Waals surface area (Å²) in [6.07, 6.45) is 3.46. The third-order valence-corrected chi connectivity index (χ3v) is 2.94. The Morgan fingerprint density at radius 3 is 2.61 bits per heavy atom. The Morgan fingerprint density at radius 2 is 2.11 bits per heavy atom. The minimum atomic E-state index is -1.02. The average Bonchev–Trinajstić information content (AvgIpc) is 2.29. The van der Waals surface area contributed by atoms with Crippen molar-refractivity contribution in [2.45, 2.75) is 39.7 Å². The highest BCUT2D eigenvalue weighted by atomic mass is 35.5. The van der Waals surface area contributed by atoms with Crippen molar-refractivity contribution in [1.82, 2.24) is 4.98 Å². The van der Waals surface area contributed by atoms with Crippen LogP contribution in [0, 0.1) is 5.92 Å². The molecule has 0 aromatic carbocycles. The number of halogens is 1. The molecule has 0 spiro atoms. The van der Waals surface area contributed by atoms with Gasteiger partial charge in [0, 0.05) is 12.2 Å². The summed E-state index contributed by atoms with van der Waals surface area (Å²) in [5.41, 5.74) is 0.0976. The van der Waals surface area contributed by atoms with Gasteiger partial charge in [0.1, 0.15) is 5.82 Å². The van der Waals surface area contributed by atoms with E-state index in [4.69, 9.17) is 16.7 Å². The lowest BCUT2D eigenvalue weighted by molar-refractivity contribution is 0.0696. The molecule has 0 aliphatic carbocycles. The Balaban J connectivity index is 2.64. The lowest BCUT2D eigenvalue weighted by Gasteiger charge is -2.16. The number of nitrogens with one attached hydrogen (secondary N) is 1. The number of hydrogen-bond acceptors (Lipinski definition) is 3. The maximum Gasteiger partial charge on any atom is 0.337 e. The van der Waals surface area contributed by atoms with Crippen LogP contribution in [0.5, 0.6) is 0 Å². The van der Waals surface area contributed by atoms with E-state index in [2.05, 4.69) is 31.1 Å². The van der Waals surface area contributed by atoms with Crippen molar-refractivity contribution in [3.63, 3.8) is 0 Å². The van der Waals surface area contributed by atoms with Gasteiger partial charge in [0.25, 0.3) is 0 Å². The predicted octanol–water partition coefficient (Wildman–Crippen LogP) is 3.67. The van der Waals surface area contributed by atoms with Crippen molar-refractivity contribution >= 4 is 23.4 Å². The topological polar surface area (TPSA) is 62.2 Å². The molecular weight excluding hydrogens is 252 g/mol. The number of carbonyl (C=O) groups is 1. The second kappa shape index (κ2) is 6.59. The molecule has 5 heteroatoms. The van der Waals surface area contributed by atoms with Gasteiger partial charge in [0.15, 0.2) is 0 Å². The van der Waals surface area contributed by atoms with Gasteiger partial charge in [0.05, 0.1) is 10.6 Å². The molecule has 4 nitrogen and oxygen atoms in total. The normalized spacial score (nSPS) is 12.5. The first-order valence-electron chi connectivity index (χ1n) is 6.05. The Labute approximate surface area is 112 Å². The van der Waals surface area contributed by atoms with E-state index in [1.54, 1.807) is 0 Å². The van der Waals surface area contributed by atoms with Crippen molar-refractivity contribution in [3.8, 4) is 0 Å². The number of carboxylic acids is 1.